The predicted octanol–water partition coefficient (Wildman–Crippen LogP) is 5.04. The van der Waals surface area contributed by atoms with E-state index in [1.807, 2.05) is 6.07 Å². The summed E-state index contributed by atoms with van der Waals surface area (Å²) in [6.07, 6.45) is 1.42. The fraction of sp³-hybridized carbons (Fsp3) is 0.148. The van der Waals surface area contributed by atoms with Gasteiger partial charge in [-0.1, -0.05) is 12.1 Å². The summed E-state index contributed by atoms with van der Waals surface area (Å²) in [6, 6.07) is 18.9. The molecule has 3 aromatic rings. The van der Waals surface area contributed by atoms with Crippen LogP contribution in [0, 0.1) is 11.3 Å². The van der Waals surface area contributed by atoms with Crippen molar-refractivity contribution in [2.24, 2.45) is 0 Å². The average Bonchev–Trinajstić information content (AvgIpc) is 2.91. The van der Waals surface area contributed by atoms with Crippen molar-refractivity contribution >= 4 is 45.2 Å². The first-order valence-corrected chi connectivity index (χ1v) is 11.7. The second-order valence-electron chi connectivity index (χ2n) is 7.42. The number of carbonyl (C=O) groups excluding carboxylic acids is 2. The summed E-state index contributed by atoms with van der Waals surface area (Å²) in [5, 5.41) is 15.0. The maximum Gasteiger partial charge on any atom is 0.266 e. The molecule has 3 aromatic carbocycles. The van der Waals surface area contributed by atoms with E-state index in [4.69, 9.17) is 18.9 Å². The minimum atomic E-state index is -0.573. The topological polar surface area (TPSA) is 119 Å². The molecule has 0 atom stereocenters. The monoisotopic (exact) mass is 565 g/mol. The van der Waals surface area contributed by atoms with Crippen LogP contribution in [0.5, 0.6) is 23.0 Å². The van der Waals surface area contributed by atoms with E-state index in [1.54, 1.807) is 67.8 Å². The van der Waals surface area contributed by atoms with Gasteiger partial charge in [-0.15, -0.1) is 0 Å². The van der Waals surface area contributed by atoms with Crippen molar-refractivity contribution in [3.05, 3.63) is 76.3 Å². The molecule has 190 valence electrons. The molecule has 0 saturated carbocycles. The van der Waals surface area contributed by atoms with Gasteiger partial charge in [0.05, 0.1) is 31.5 Å². The molecule has 0 aliphatic rings. The molecule has 0 aliphatic carbocycles. The zero-order chi connectivity index (χ0) is 26.8. The van der Waals surface area contributed by atoms with E-state index < -0.39 is 11.8 Å². The van der Waals surface area contributed by atoms with Crippen LogP contribution in [0.15, 0.2) is 70.7 Å². The Morgan fingerprint density at radius 3 is 2.30 bits per heavy atom. The molecule has 9 nitrogen and oxygen atoms in total. The highest BCUT2D eigenvalue weighted by molar-refractivity contribution is 9.10. The molecular weight excluding hydrogens is 542 g/mol. The summed E-state index contributed by atoms with van der Waals surface area (Å²) in [4.78, 5) is 25.1. The number of halogens is 1. The molecule has 0 radical (unpaired) electrons. The molecule has 2 amide bonds. The van der Waals surface area contributed by atoms with Crippen LogP contribution in [0.1, 0.15) is 5.56 Å². The van der Waals surface area contributed by atoms with Crippen LogP contribution >= 0.6 is 15.9 Å². The Kier molecular flexibility index (Phi) is 9.52. The summed E-state index contributed by atoms with van der Waals surface area (Å²) in [5.74, 6) is 0.788. The van der Waals surface area contributed by atoms with Gasteiger partial charge >= 0.3 is 0 Å². The van der Waals surface area contributed by atoms with Crippen LogP contribution in [0.2, 0.25) is 0 Å². The average molecular weight is 566 g/mol. The van der Waals surface area contributed by atoms with Crippen molar-refractivity contribution < 1.29 is 28.5 Å². The SMILES string of the molecule is COc1ccc(NC(=O)/C(C#N)=C\c2cc(Br)c(OCC(=O)Nc3ccccc3OC)c(OC)c2)cc1. The number of para-hydroxylation sites is 2. The van der Waals surface area contributed by atoms with Gasteiger partial charge in [0.25, 0.3) is 11.8 Å². The zero-order valence-electron chi connectivity index (χ0n) is 20.3. The molecule has 0 heterocycles. The van der Waals surface area contributed by atoms with Crippen molar-refractivity contribution in [2.75, 3.05) is 38.6 Å². The van der Waals surface area contributed by atoms with Crippen molar-refractivity contribution in [2.45, 2.75) is 0 Å². The van der Waals surface area contributed by atoms with E-state index in [9.17, 15) is 14.9 Å². The number of nitrogens with one attached hydrogen (secondary N) is 2. The van der Waals surface area contributed by atoms with Gasteiger partial charge in [-0.2, -0.15) is 5.26 Å². The molecule has 0 spiro atoms. The standard InChI is InChI=1S/C27H24BrN3O6/c1-34-20-10-8-19(9-11-20)30-27(33)18(15-29)12-17-13-21(28)26(24(14-17)36-3)37-16-25(32)31-22-6-4-5-7-23(22)35-2/h4-14H,16H2,1-3H3,(H,30,33)(H,31,32)/b18-12-. The third-order valence-electron chi connectivity index (χ3n) is 5.00. The Bertz CT molecular complexity index is 1350. The fourth-order valence-corrected chi connectivity index (χ4v) is 3.80. The summed E-state index contributed by atoms with van der Waals surface area (Å²) in [6.45, 7) is -0.296. The minimum absolute atomic E-state index is 0.116. The number of hydrogen-bond donors (Lipinski definition) is 2. The zero-order valence-corrected chi connectivity index (χ0v) is 21.9. The lowest BCUT2D eigenvalue weighted by Gasteiger charge is -2.14. The molecule has 0 aliphatic heterocycles. The molecule has 10 heteroatoms. The molecule has 0 unspecified atom stereocenters. The Morgan fingerprint density at radius 2 is 1.65 bits per heavy atom. The number of amides is 2. The highest BCUT2D eigenvalue weighted by Crippen LogP contribution is 2.37. The van der Waals surface area contributed by atoms with Crippen LogP contribution in [0.4, 0.5) is 11.4 Å². The van der Waals surface area contributed by atoms with E-state index in [2.05, 4.69) is 26.6 Å². The second kappa shape index (κ2) is 13.0. The molecule has 0 saturated heterocycles. The van der Waals surface area contributed by atoms with Gasteiger partial charge < -0.3 is 29.6 Å². The van der Waals surface area contributed by atoms with Crippen LogP contribution < -0.4 is 29.6 Å². The normalized spacial score (nSPS) is 10.6. The number of carbonyl (C=O) groups is 2. The number of anilines is 2. The van der Waals surface area contributed by atoms with Crippen molar-refractivity contribution in [3.63, 3.8) is 0 Å². The second-order valence-corrected chi connectivity index (χ2v) is 8.28. The lowest BCUT2D eigenvalue weighted by molar-refractivity contribution is -0.118. The third kappa shape index (κ3) is 7.25. The maximum absolute atomic E-state index is 12.6. The first-order valence-electron chi connectivity index (χ1n) is 10.9. The van der Waals surface area contributed by atoms with E-state index >= 15 is 0 Å². The summed E-state index contributed by atoms with van der Waals surface area (Å²) >= 11 is 3.41. The van der Waals surface area contributed by atoms with Crippen molar-refractivity contribution in [1.29, 1.82) is 5.26 Å². The first-order chi connectivity index (χ1) is 17.9. The first kappa shape index (κ1) is 27.1. The molecule has 3 rings (SSSR count). The quantitative estimate of drug-likeness (QED) is 0.261. The third-order valence-corrected chi connectivity index (χ3v) is 5.59. The predicted molar refractivity (Wildman–Crippen MR) is 143 cm³/mol. The molecule has 2 N–H and O–H groups in total. The molecule has 0 aromatic heterocycles. The van der Waals surface area contributed by atoms with Gasteiger partial charge in [0.2, 0.25) is 0 Å². The van der Waals surface area contributed by atoms with Crippen LogP contribution in [0.3, 0.4) is 0 Å². The van der Waals surface area contributed by atoms with E-state index in [0.717, 1.165) is 0 Å². The number of benzene rings is 3. The lowest BCUT2D eigenvalue weighted by atomic mass is 10.1. The summed E-state index contributed by atoms with van der Waals surface area (Å²) in [7, 11) is 4.50. The van der Waals surface area contributed by atoms with Crippen LogP contribution in [-0.2, 0) is 9.59 Å². The van der Waals surface area contributed by atoms with Gasteiger partial charge in [-0.25, -0.2) is 0 Å². The van der Waals surface area contributed by atoms with Crippen LogP contribution in [0.25, 0.3) is 6.08 Å². The smallest absolute Gasteiger partial charge is 0.266 e. The maximum atomic E-state index is 12.6. The van der Waals surface area contributed by atoms with E-state index in [0.29, 0.717) is 38.7 Å². The van der Waals surface area contributed by atoms with Gasteiger partial charge in [0, 0.05) is 5.69 Å². The fourth-order valence-electron chi connectivity index (χ4n) is 3.22. The van der Waals surface area contributed by atoms with Gasteiger partial charge in [0.15, 0.2) is 18.1 Å². The Hall–Kier alpha value is -4.49. The van der Waals surface area contributed by atoms with Crippen LogP contribution in [-0.4, -0.2) is 39.8 Å². The van der Waals surface area contributed by atoms with Gasteiger partial charge in [0.1, 0.15) is 23.1 Å². The van der Waals surface area contributed by atoms with Gasteiger partial charge in [-0.3, -0.25) is 9.59 Å². The molecular formula is C27H24BrN3O6. The summed E-state index contributed by atoms with van der Waals surface area (Å²) < 4.78 is 21.9. The van der Waals surface area contributed by atoms with E-state index in [1.165, 1.54) is 20.3 Å². The number of ether oxygens (including phenoxy) is 4. The Morgan fingerprint density at radius 1 is 0.946 bits per heavy atom. The summed E-state index contributed by atoms with van der Waals surface area (Å²) in [5.41, 5.74) is 1.42. The molecule has 0 fully saturated rings. The van der Waals surface area contributed by atoms with Gasteiger partial charge in [-0.05, 0) is 76.1 Å². The molecule has 37 heavy (non-hydrogen) atoms. The highest BCUT2D eigenvalue weighted by atomic mass is 79.9. The van der Waals surface area contributed by atoms with Crippen molar-refractivity contribution in [3.8, 4) is 29.1 Å². The number of methoxy groups -OCH3 is 3. The number of nitrogens with zero attached hydrogens (tertiary/aromatic N) is 1. The lowest BCUT2D eigenvalue weighted by Crippen LogP contribution is -2.20. The number of rotatable bonds is 10. The number of nitriles is 1. The Balaban J connectivity index is 1.73. The Labute approximate surface area is 222 Å². The minimum Gasteiger partial charge on any atom is -0.497 e. The highest BCUT2D eigenvalue weighted by Gasteiger charge is 2.16. The van der Waals surface area contributed by atoms with Crippen molar-refractivity contribution in [1.82, 2.24) is 0 Å². The van der Waals surface area contributed by atoms with E-state index in [-0.39, 0.29) is 17.9 Å². The largest absolute Gasteiger partial charge is 0.497 e. The molecule has 0 bridgehead atoms. The number of hydrogen-bond acceptors (Lipinski definition) is 7.